The van der Waals surface area contributed by atoms with E-state index in [-0.39, 0.29) is 13.2 Å². The summed E-state index contributed by atoms with van der Waals surface area (Å²) in [4.78, 5) is 28.7. The van der Waals surface area contributed by atoms with Crippen molar-refractivity contribution >= 4 is 23.7 Å². The van der Waals surface area contributed by atoms with Gasteiger partial charge in [0.2, 0.25) is 0 Å². The lowest BCUT2D eigenvalue weighted by Crippen LogP contribution is -2.38. The summed E-state index contributed by atoms with van der Waals surface area (Å²) in [5, 5.41) is 10.9. The van der Waals surface area contributed by atoms with Crippen molar-refractivity contribution in [3.8, 4) is 5.75 Å². The van der Waals surface area contributed by atoms with Crippen LogP contribution in [0.2, 0.25) is 5.02 Å². The summed E-state index contributed by atoms with van der Waals surface area (Å²) in [7, 11) is 1.50. The number of carbonyl (C=O) groups is 2. The number of hydrogen-bond acceptors (Lipinski definition) is 7. The van der Waals surface area contributed by atoms with E-state index in [1.165, 1.54) is 12.2 Å². The summed E-state index contributed by atoms with van der Waals surface area (Å²) < 4.78 is 15.4. The fourth-order valence-corrected chi connectivity index (χ4v) is 3.48. The van der Waals surface area contributed by atoms with E-state index in [0.29, 0.717) is 29.3 Å². The van der Waals surface area contributed by atoms with Crippen molar-refractivity contribution in [2.24, 2.45) is 0 Å². The summed E-state index contributed by atoms with van der Waals surface area (Å²) in [6, 6.07) is 12.1. The number of nitrogens with zero attached hydrogens (tertiary/aromatic N) is 1. The minimum atomic E-state index is -1.10. The molecule has 160 valence electrons. The summed E-state index contributed by atoms with van der Waals surface area (Å²) in [5.41, 5.74) is 2.57. The highest BCUT2D eigenvalue weighted by Gasteiger charge is 2.34. The number of hydroxylamine groups is 2. The molecule has 0 aliphatic carbocycles. The highest BCUT2D eigenvalue weighted by Crippen LogP contribution is 2.40. The van der Waals surface area contributed by atoms with Crippen LogP contribution in [0.1, 0.15) is 22.7 Å². The van der Waals surface area contributed by atoms with Gasteiger partial charge in [-0.3, -0.25) is 0 Å². The topological polar surface area (TPSA) is 94.5 Å². The van der Waals surface area contributed by atoms with Crippen LogP contribution >= 0.6 is 11.6 Å². The lowest BCUT2D eigenvalue weighted by molar-refractivity contribution is -0.152. The molecule has 0 saturated heterocycles. The Morgan fingerprint density at radius 1 is 1.17 bits per heavy atom. The SMILES string of the molecule is COCCOC(=O)ON1CCc2ccccc2C1c1cc(Cl)ccc1OCC(=O)O. The first-order valence-electron chi connectivity index (χ1n) is 9.31. The molecule has 9 heteroatoms. The van der Waals surface area contributed by atoms with Crippen molar-refractivity contribution in [3.63, 3.8) is 0 Å². The van der Waals surface area contributed by atoms with Crippen LogP contribution in [-0.4, -0.2) is 55.8 Å². The second-order valence-corrected chi connectivity index (χ2v) is 6.98. The van der Waals surface area contributed by atoms with Gasteiger partial charge in [-0.05, 0) is 35.7 Å². The summed E-state index contributed by atoms with van der Waals surface area (Å²) in [6.07, 6.45) is -0.198. The maximum absolute atomic E-state index is 12.2. The van der Waals surface area contributed by atoms with Crippen LogP contribution in [0.25, 0.3) is 0 Å². The number of benzene rings is 2. The number of methoxy groups -OCH3 is 1. The van der Waals surface area contributed by atoms with Gasteiger partial charge in [-0.15, -0.1) is 5.06 Å². The lowest BCUT2D eigenvalue weighted by atomic mass is 9.89. The first kappa shape index (κ1) is 21.9. The molecule has 1 atom stereocenters. The highest BCUT2D eigenvalue weighted by molar-refractivity contribution is 6.30. The summed E-state index contributed by atoms with van der Waals surface area (Å²) in [5.74, 6) is -0.764. The Balaban J connectivity index is 1.95. The molecule has 1 heterocycles. The minimum absolute atomic E-state index is 0.0641. The number of carboxylic acids is 1. The van der Waals surface area contributed by atoms with Crippen molar-refractivity contribution in [2.45, 2.75) is 12.5 Å². The molecule has 0 saturated carbocycles. The second kappa shape index (κ2) is 10.3. The number of hydrogen-bond donors (Lipinski definition) is 1. The van der Waals surface area contributed by atoms with Crippen molar-refractivity contribution in [1.29, 1.82) is 0 Å². The van der Waals surface area contributed by atoms with Gasteiger partial charge in [0.05, 0.1) is 12.6 Å². The largest absolute Gasteiger partial charge is 0.528 e. The molecule has 2 aromatic carbocycles. The molecule has 30 heavy (non-hydrogen) atoms. The monoisotopic (exact) mass is 435 g/mol. The van der Waals surface area contributed by atoms with Crippen LogP contribution in [-0.2, 0) is 25.5 Å². The zero-order valence-corrected chi connectivity index (χ0v) is 17.1. The van der Waals surface area contributed by atoms with Crippen LogP contribution in [0.15, 0.2) is 42.5 Å². The van der Waals surface area contributed by atoms with Crippen LogP contribution in [0.4, 0.5) is 4.79 Å². The van der Waals surface area contributed by atoms with Gasteiger partial charge in [0, 0.05) is 24.2 Å². The number of carbonyl (C=O) groups excluding carboxylic acids is 1. The molecule has 1 unspecified atom stereocenters. The summed E-state index contributed by atoms with van der Waals surface area (Å²) >= 11 is 6.23. The Morgan fingerprint density at radius 3 is 2.73 bits per heavy atom. The van der Waals surface area contributed by atoms with E-state index in [0.717, 1.165) is 11.1 Å². The van der Waals surface area contributed by atoms with E-state index >= 15 is 0 Å². The van der Waals surface area contributed by atoms with Gasteiger partial charge in [-0.25, -0.2) is 9.59 Å². The minimum Gasteiger partial charge on any atom is -0.482 e. The number of fused-ring (bicyclic) bond motifs is 1. The van der Waals surface area contributed by atoms with Gasteiger partial charge in [0.1, 0.15) is 12.4 Å². The van der Waals surface area contributed by atoms with Crippen molar-refractivity contribution in [3.05, 3.63) is 64.2 Å². The molecular formula is C21H22ClNO7. The van der Waals surface area contributed by atoms with E-state index in [2.05, 4.69) is 0 Å². The predicted molar refractivity (Wildman–Crippen MR) is 108 cm³/mol. The maximum atomic E-state index is 12.2. The van der Waals surface area contributed by atoms with Gasteiger partial charge < -0.3 is 24.2 Å². The predicted octanol–water partition coefficient (Wildman–Crippen LogP) is 3.47. The molecule has 0 aromatic heterocycles. The summed E-state index contributed by atoms with van der Waals surface area (Å²) in [6.45, 7) is 0.215. The second-order valence-electron chi connectivity index (χ2n) is 6.54. The molecule has 0 spiro atoms. The Morgan fingerprint density at radius 2 is 1.97 bits per heavy atom. The number of rotatable bonds is 8. The normalized spacial score (nSPS) is 15.9. The van der Waals surface area contributed by atoms with E-state index in [1.807, 2.05) is 24.3 Å². The van der Waals surface area contributed by atoms with E-state index in [4.69, 9.17) is 35.8 Å². The number of halogens is 1. The van der Waals surface area contributed by atoms with E-state index in [9.17, 15) is 9.59 Å². The number of ether oxygens (including phenoxy) is 3. The zero-order chi connectivity index (χ0) is 21.5. The average molecular weight is 436 g/mol. The quantitative estimate of drug-likeness (QED) is 0.497. The lowest BCUT2D eigenvalue weighted by Gasteiger charge is -2.36. The molecule has 8 nitrogen and oxygen atoms in total. The fourth-order valence-electron chi connectivity index (χ4n) is 3.30. The van der Waals surface area contributed by atoms with E-state index < -0.39 is 24.8 Å². The van der Waals surface area contributed by atoms with Crippen molar-refractivity contribution in [2.75, 3.05) is 33.5 Å². The number of aliphatic carboxylic acids is 1. The zero-order valence-electron chi connectivity index (χ0n) is 16.4. The molecule has 2 aromatic rings. The smallest absolute Gasteiger partial charge is 0.482 e. The first-order chi connectivity index (χ1) is 14.5. The third-order valence-corrected chi connectivity index (χ3v) is 4.79. The fraction of sp³-hybridized carbons (Fsp3) is 0.333. The highest BCUT2D eigenvalue weighted by atomic mass is 35.5. The van der Waals surface area contributed by atoms with Crippen molar-refractivity contribution in [1.82, 2.24) is 5.06 Å². The average Bonchev–Trinajstić information content (AvgIpc) is 2.73. The molecule has 0 amide bonds. The Labute approximate surface area is 178 Å². The molecule has 0 bridgehead atoms. The molecule has 1 aliphatic heterocycles. The Hall–Kier alpha value is -2.81. The molecule has 0 radical (unpaired) electrons. The number of carboxylic acid groups (broad SMARTS) is 1. The Bertz CT molecular complexity index is 905. The Kier molecular flexibility index (Phi) is 7.51. The molecular weight excluding hydrogens is 414 g/mol. The first-order valence-corrected chi connectivity index (χ1v) is 9.69. The molecule has 1 aliphatic rings. The van der Waals surface area contributed by atoms with Crippen LogP contribution in [0, 0.1) is 0 Å². The molecule has 0 fully saturated rings. The third kappa shape index (κ3) is 5.41. The van der Waals surface area contributed by atoms with E-state index in [1.54, 1.807) is 18.2 Å². The standard InChI is InChI=1S/C21H22ClNO7/c1-27-10-11-28-21(26)30-23-9-8-14-4-2-3-5-16(14)20(23)17-12-15(22)6-7-18(17)29-13-19(24)25/h2-7,12,20H,8-11,13H2,1H3,(H,24,25). The van der Waals surface area contributed by atoms with Gasteiger partial charge in [0.25, 0.3) is 0 Å². The third-order valence-electron chi connectivity index (χ3n) is 4.56. The van der Waals surface area contributed by atoms with Gasteiger partial charge in [-0.2, -0.15) is 0 Å². The van der Waals surface area contributed by atoms with Gasteiger partial charge >= 0.3 is 12.1 Å². The van der Waals surface area contributed by atoms with Crippen LogP contribution in [0.5, 0.6) is 5.75 Å². The molecule has 1 N–H and O–H groups in total. The van der Waals surface area contributed by atoms with Gasteiger partial charge in [0.15, 0.2) is 6.61 Å². The van der Waals surface area contributed by atoms with Crippen LogP contribution < -0.4 is 4.74 Å². The van der Waals surface area contributed by atoms with Crippen molar-refractivity contribution < 1.29 is 33.7 Å². The van der Waals surface area contributed by atoms with Crippen LogP contribution in [0.3, 0.4) is 0 Å². The maximum Gasteiger partial charge on any atom is 0.528 e. The molecule has 3 rings (SSSR count). The van der Waals surface area contributed by atoms with Gasteiger partial charge in [-0.1, -0.05) is 35.9 Å².